The van der Waals surface area contributed by atoms with Crippen LogP contribution in [0.3, 0.4) is 0 Å². The van der Waals surface area contributed by atoms with Gasteiger partial charge in [-0.3, -0.25) is 0 Å². The van der Waals surface area contributed by atoms with Gasteiger partial charge in [-0.25, -0.2) is 0 Å². The second kappa shape index (κ2) is 3.06. The minimum Gasteiger partial charge on any atom is -0.355 e. The summed E-state index contributed by atoms with van der Waals surface area (Å²) in [5.41, 5.74) is 8.02. The first kappa shape index (κ1) is 9.36. The van der Waals surface area contributed by atoms with E-state index in [1.165, 1.54) is 16.0 Å². The van der Waals surface area contributed by atoms with Crippen LogP contribution in [0.5, 0.6) is 0 Å². The molecule has 15 heavy (non-hydrogen) atoms. The van der Waals surface area contributed by atoms with Gasteiger partial charge in [0.15, 0.2) is 5.58 Å². The summed E-state index contributed by atoms with van der Waals surface area (Å²) < 4.78 is 6.56. The largest absolute Gasteiger partial charge is 0.355 e. The molecule has 2 N–H and O–H groups in total. The fourth-order valence-electron chi connectivity index (χ4n) is 2.34. The van der Waals surface area contributed by atoms with E-state index in [4.69, 9.17) is 10.3 Å². The number of hydrogen-bond acceptors (Lipinski definition) is 4. The second-order valence-electron chi connectivity index (χ2n) is 4.42. The Labute approximate surface area is 92.2 Å². The molecule has 1 saturated carbocycles. The maximum Gasteiger partial charge on any atom is 0.178 e. The topological polar surface area (TPSA) is 52.0 Å². The smallest absolute Gasteiger partial charge is 0.178 e. The highest BCUT2D eigenvalue weighted by molar-refractivity contribution is 7.19. The number of nitrogens with zero attached hydrogens (tertiary/aromatic N) is 1. The van der Waals surface area contributed by atoms with Crippen LogP contribution < -0.4 is 5.73 Å². The third kappa shape index (κ3) is 1.18. The number of fused-ring (bicyclic) bond motifs is 1. The van der Waals surface area contributed by atoms with Crippen molar-refractivity contribution in [2.75, 3.05) is 6.54 Å². The molecule has 0 aliphatic heterocycles. The van der Waals surface area contributed by atoms with E-state index >= 15 is 0 Å². The van der Waals surface area contributed by atoms with Crippen LogP contribution >= 0.6 is 11.3 Å². The monoisotopic (exact) mass is 222 g/mol. The molecule has 1 fully saturated rings. The van der Waals surface area contributed by atoms with Crippen molar-refractivity contribution in [2.24, 2.45) is 5.73 Å². The summed E-state index contributed by atoms with van der Waals surface area (Å²) in [5.74, 6) is 0. The normalized spacial score (nSPS) is 19.3. The molecule has 0 saturated heterocycles. The molecule has 1 aliphatic rings. The molecule has 0 amide bonds. The number of aromatic nitrogens is 1. The summed E-state index contributed by atoms with van der Waals surface area (Å²) in [6, 6.07) is 2.05. The molecular formula is C11H14N2OS. The SMILES string of the molecule is Cc1cc2onc(C3(CN)CCC3)c2s1. The van der Waals surface area contributed by atoms with Crippen LogP contribution in [0.1, 0.15) is 29.8 Å². The fourth-order valence-corrected chi connectivity index (χ4v) is 3.37. The maximum absolute atomic E-state index is 5.88. The summed E-state index contributed by atoms with van der Waals surface area (Å²) in [6.07, 6.45) is 3.57. The summed E-state index contributed by atoms with van der Waals surface area (Å²) in [4.78, 5) is 1.28. The van der Waals surface area contributed by atoms with Crippen molar-refractivity contribution >= 4 is 21.6 Å². The van der Waals surface area contributed by atoms with Crippen molar-refractivity contribution in [2.45, 2.75) is 31.6 Å². The van der Waals surface area contributed by atoms with Crippen LogP contribution in [0.15, 0.2) is 10.6 Å². The standard InChI is InChI=1S/C11H14N2OS/c1-7-5-8-9(15-7)10(13-14-8)11(6-12)3-2-4-11/h5H,2-4,6,12H2,1H3. The maximum atomic E-state index is 5.88. The Hall–Kier alpha value is -0.870. The Bertz CT molecular complexity index is 490. The predicted molar refractivity (Wildman–Crippen MR) is 61.2 cm³/mol. The molecule has 0 spiro atoms. The minimum atomic E-state index is 0.114. The van der Waals surface area contributed by atoms with Crippen LogP contribution in [0.2, 0.25) is 0 Å². The average molecular weight is 222 g/mol. The lowest BCUT2D eigenvalue weighted by atomic mass is 9.66. The summed E-state index contributed by atoms with van der Waals surface area (Å²) in [7, 11) is 0. The number of thiophene rings is 1. The van der Waals surface area contributed by atoms with Crippen LogP contribution in [-0.4, -0.2) is 11.7 Å². The van der Waals surface area contributed by atoms with E-state index in [1.807, 2.05) is 0 Å². The second-order valence-corrected chi connectivity index (χ2v) is 5.68. The summed E-state index contributed by atoms with van der Waals surface area (Å²) in [6.45, 7) is 2.78. The van der Waals surface area contributed by atoms with E-state index in [-0.39, 0.29) is 5.41 Å². The Morgan fingerprint density at radius 2 is 2.40 bits per heavy atom. The van der Waals surface area contributed by atoms with Gasteiger partial charge in [0.2, 0.25) is 0 Å². The van der Waals surface area contributed by atoms with Gasteiger partial charge in [0.05, 0.1) is 4.70 Å². The molecule has 0 radical (unpaired) electrons. The minimum absolute atomic E-state index is 0.114. The zero-order chi connectivity index (χ0) is 10.5. The van der Waals surface area contributed by atoms with Crippen molar-refractivity contribution in [1.82, 2.24) is 5.16 Å². The van der Waals surface area contributed by atoms with Gasteiger partial charge >= 0.3 is 0 Å². The molecule has 3 nitrogen and oxygen atoms in total. The number of aryl methyl sites for hydroxylation is 1. The lowest BCUT2D eigenvalue weighted by Gasteiger charge is -2.38. The van der Waals surface area contributed by atoms with E-state index in [9.17, 15) is 0 Å². The first-order valence-electron chi connectivity index (χ1n) is 5.31. The van der Waals surface area contributed by atoms with Crippen LogP contribution in [0.4, 0.5) is 0 Å². The Balaban J connectivity index is 2.17. The van der Waals surface area contributed by atoms with E-state index in [2.05, 4.69) is 18.1 Å². The molecule has 0 unspecified atom stereocenters. The summed E-state index contributed by atoms with van der Waals surface area (Å²) >= 11 is 1.77. The van der Waals surface area contributed by atoms with Gasteiger partial charge in [0.25, 0.3) is 0 Å². The van der Waals surface area contributed by atoms with E-state index < -0.39 is 0 Å². The highest BCUT2D eigenvalue weighted by Crippen LogP contribution is 2.46. The quantitative estimate of drug-likeness (QED) is 0.849. The fraction of sp³-hybridized carbons (Fsp3) is 0.545. The zero-order valence-electron chi connectivity index (χ0n) is 8.75. The molecule has 2 aromatic heterocycles. The third-order valence-electron chi connectivity index (χ3n) is 3.48. The zero-order valence-corrected chi connectivity index (χ0v) is 9.56. The van der Waals surface area contributed by atoms with E-state index in [0.717, 1.165) is 24.1 Å². The Morgan fingerprint density at radius 3 is 3.00 bits per heavy atom. The van der Waals surface area contributed by atoms with Gasteiger partial charge in [0.1, 0.15) is 5.69 Å². The summed E-state index contributed by atoms with van der Waals surface area (Å²) in [5, 5.41) is 4.22. The molecule has 3 rings (SSSR count). The molecule has 2 heterocycles. The van der Waals surface area contributed by atoms with Crippen molar-refractivity contribution in [1.29, 1.82) is 0 Å². The van der Waals surface area contributed by atoms with Gasteiger partial charge in [0, 0.05) is 16.8 Å². The molecule has 0 bridgehead atoms. The van der Waals surface area contributed by atoms with Gasteiger partial charge in [-0.1, -0.05) is 11.6 Å². The van der Waals surface area contributed by atoms with E-state index in [1.54, 1.807) is 11.3 Å². The first-order valence-corrected chi connectivity index (χ1v) is 6.13. The molecular weight excluding hydrogens is 208 g/mol. The van der Waals surface area contributed by atoms with E-state index in [0.29, 0.717) is 6.54 Å². The number of nitrogens with two attached hydrogens (primary N) is 1. The van der Waals surface area contributed by atoms with Crippen molar-refractivity contribution in [3.8, 4) is 0 Å². The van der Waals surface area contributed by atoms with Gasteiger partial charge in [-0.15, -0.1) is 11.3 Å². The molecule has 2 aromatic rings. The van der Waals surface area contributed by atoms with Crippen molar-refractivity contribution in [3.63, 3.8) is 0 Å². The van der Waals surface area contributed by atoms with Gasteiger partial charge < -0.3 is 10.3 Å². The highest BCUT2D eigenvalue weighted by Gasteiger charge is 2.41. The van der Waals surface area contributed by atoms with Gasteiger partial charge in [-0.2, -0.15) is 0 Å². The number of rotatable bonds is 2. The van der Waals surface area contributed by atoms with Crippen LogP contribution in [0.25, 0.3) is 10.3 Å². The lowest BCUT2D eigenvalue weighted by Crippen LogP contribution is -2.41. The molecule has 0 aromatic carbocycles. The van der Waals surface area contributed by atoms with Crippen molar-refractivity contribution < 1.29 is 4.52 Å². The average Bonchev–Trinajstić information content (AvgIpc) is 2.65. The molecule has 0 atom stereocenters. The molecule has 4 heteroatoms. The number of hydrogen-bond donors (Lipinski definition) is 1. The molecule has 1 aliphatic carbocycles. The van der Waals surface area contributed by atoms with Gasteiger partial charge in [-0.05, 0) is 25.8 Å². The Kier molecular flexibility index (Phi) is 1.91. The Morgan fingerprint density at radius 1 is 1.60 bits per heavy atom. The lowest BCUT2D eigenvalue weighted by molar-refractivity contribution is 0.237. The first-order chi connectivity index (χ1) is 7.25. The predicted octanol–water partition coefficient (Wildman–Crippen LogP) is 2.58. The van der Waals surface area contributed by atoms with Crippen LogP contribution in [0, 0.1) is 6.92 Å². The third-order valence-corrected chi connectivity index (χ3v) is 4.51. The highest BCUT2D eigenvalue weighted by atomic mass is 32.1. The van der Waals surface area contributed by atoms with Crippen molar-refractivity contribution in [3.05, 3.63) is 16.6 Å². The van der Waals surface area contributed by atoms with Crippen LogP contribution in [-0.2, 0) is 5.41 Å². The molecule has 80 valence electrons.